The molecule has 90 valence electrons. The third-order valence-electron chi connectivity index (χ3n) is 2.75. The van der Waals surface area contributed by atoms with E-state index < -0.39 is 23.3 Å². The van der Waals surface area contributed by atoms with Gasteiger partial charge in [0.05, 0.1) is 11.3 Å². The zero-order valence-electron chi connectivity index (χ0n) is 9.30. The molecule has 0 unspecified atom stereocenters. The molecule has 0 radical (unpaired) electrons. The van der Waals surface area contributed by atoms with Crippen LogP contribution in [0, 0.1) is 11.6 Å². The second-order valence-corrected chi connectivity index (χ2v) is 3.92. The van der Waals surface area contributed by atoms with E-state index in [1.807, 2.05) is 6.92 Å². The van der Waals surface area contributed by atoms with E-state index in [0.717, 1.165) is 18.6 Å². The zero-order chi connectivity index (χ0) is 12.6. The predicted molar refractivity (Wildman–Crippen MR) is 57.9 cm³/mol. The van der Waals surface area contributed by atoms with Crippen molar-refractivity contribution in [3.63, 3.8) is 0 Å². The highest BCUT2D eigenvalue weighted by molar-refractivity contribution is 6.52. The third kappa shape index (κ3) is 1.81. The largest absolute Gasteiger partial charge is 0.305 e. The number of rotatable bonds is 3. The van der Waals surface area contributed by atoms with E-state index >= 15 is 0 Å². The molecule has 1 aliphatic rings. The van der Waals surface area contributed by atoms with Gasteiger partial charge in [-0.3, -0.25) is 9.59 Å². The summed E-state index contributed by atoms with van der Waals surface area (Å²) >= 11 is 0. The Balaban J connectivity index is 2.45. The van der Waals surface area contributed by atoms with Crippen LogP contribution in [0.25, 0.3) is 0 Å². The van der Waals surface area contributed by atoms with Crippen molar-refractivity contribution in [2.75, 3.05) is 11.4 Å². The van der Waals surface area contributed by atoms with E-state index in [-0.39, 0.29) is 11.3 Å². The summed E-state index contributed by atoms with van der Waals surface area (Å²) < 4.78 is 26.1. The summed E-state index contributed by atoms with van der Waals surface area (Å²) in [6.45, 7) is 2.29. The average molecular weight is 239 g/mol. The lowest BCUT2D eigenvalue weighted by atomic mass is 10.1. The third-order valence-corrected chi connectivity index (χ3v) is 2.75. The van der Waals surface area contributed by atoms with E-state index in [9.17, 15) is 18.4 Å². The number of nitrogens with zero attached hydrogens (tertiary/aromatic N) is 1. The summed E-state index contributed by atoms with van der Waals surface area (Å²) in [5, 5.41) is 0. The van der Waals surface area contributed by atoms with Gasteiger partial charge in [0, 0.05) is 12.6 Å². The number of carbonyl (C=O) groups is 2. The maximum absolute atomic E-state index is 13.1. The highest BCUT2D eigenvalue weighted by Crippen LogP contribution is 2.31. The molecular formula is C12H11F2NO2. The molecule has 17 heavy (non-hydrogen) atoms. The molecule has 0 saturated heterocycles. The van der Waals surface area contributed by atoms with Gasteiger partial charge in [0.1, 0.15) is 0 Å². The molecule has 0 aromatic heterocycles. The molecule has 1 aromatic carbocycles. The van der Waals surface area contributed by atoms with Gasteiger partial charge in [0.25, 0.3) is 11.7 Å². The zero-order valence-corrected chi connectivity index (χ0v) is 9.30. The van der Waals surface area contributed by atoms with Crippen LogP contribution in [0.5, 0.6) is 0 Å². The van der Waals surface area contributed by atoms with Gasteiger partial charge in [-0.2, -0.15) is 0 Å². The molecule has 0 saturated carbocycles. The van der Waals surface area contributed by atoms with Crippen LogP contribution in [0.15, 0.2) is 12.1 Å². The van der Waals surface area contributed by atoms with Gasteiger partial charge in [0.15, 0.2) is 11.6 Å². The van der Waals surface area contributed by atoms with E-state index in [1.165, 1.54) is 4.90 Å². The number of amides is 1. The van der Waals surface area contributed by atoms with Crippen LogP contribution in [0.3, 0.4) is 0 Å². The molecule has 1 heterocycles. The summed E-state index contributed by atoms with van der Waals surface area (Å²) in [6.07, 6.45) is 1.55. The lowest BCUT2D eigenvalue weighted by molar-refractivity contribution is -0.114. The number of ketones is 1. The summed E-state index contributed by atoms with van der Waals surface area (Å²) in [6, 6.07) is 1.69. The summed E-state index contributed by atoms with van der Waals surface area (Å²) in [4.78, 5) is 24.4. The van der Waals surface area contributed by atoms with Crippen molar-refractivity contribution in [3.8, 4) is 0 Å². The van der Waals surface area contributed by atoms with Gasteiger partial charge >= 0.3 is 0 Å². The van der Waals surface area contributed by atoms with Crippen molar-refractivity contribution in [1.29, 1.82) is 0 Å². The first-order valence-corrected chi connectivity index (χ1v) is 5.41. The van der Waals surface area contributed by atoms with Crippen molar-refractivity contribution >= 4 is 17.4 Å². The Morgan fingerprint density at radius 2 is 1.82 bits per heavy atom. The lowest BCUT2D eigenvalue weighted by Crippen LogP contribution is -2.30. The normalized spacial score (nSPS) is 14.4. The molecule has 0 bridgehead atoms. The van der Waals surface area contributed by atoms with E-state index in [4.69, 9.17) is 0 Å². The second kappa shape index (κ2) is 4.24. The number of carbonyl (C=O) groups excluding carboxylic acids is 2. The molecule has 0 fully saturated rings. The van der Waals surface area contributed by atoms with E-state index in [0.29, 0.717) is 13.0 Å². The van der Waals surface area contributed by atoms with Gasteiger partial charge < -0.3 is 4.90 Å². The minimum Gasteiger partial charge on any atom is -0.305 e. The first-order valence-electron chi connectivity index (χ1n) is 5.41. The number of Topliss-reactive ketones (excluding diaryl/α,β-unsaturated/α-hetero) is 1. The van der Waals surface area contributed by atoms with Crippen LogP contribution in [0.4, 0.5) is 14.5 Å². The van der Waals surface area contributed by atoms with Crippen LogP contribution < -0.4 is 4.90 Å². The summed E-state index contributed by atoms with van der Waals surface area (Å²) in [5.74, 6) is -3.64. The molecule has 0 aliphatic carbocycles. The van der Waals surface area contributed by atoms with Gasteiger partial charge in [-0.05, 0) is 12.5 Å². The van der Waals surface area contributed by atoms with Crippen LogP contribution in [0.1, 0.15) is 30.1 Å². The molecule has 0 N–H and O–H groups in total. The van der Waals surface area contributed by atoms with Crippen molar-refractivity contribution in [2.45, 2.75) is 19.8 Å². The fourth-order valence-corrected chi connectivity index (χ4v) is 1.83. The fourth-order valence-electron chi connectivity index (χ4n) is 1.83. The maximum Gasteiger partial charge on any atom is 0.299 e. The number of benzene rings is 1. The van der Waals surface area contributed by atoms with E-state index in [1.54, 1.807) is 0 Å². The Morgan fingerprint density at radius 1 is 1.18 bits per heavy atom. The van der Waals surface area contributed by atoms with Crippen LogP contribution in [0.2, 0.25) is 0 Å². The molecular weight excluding hydrogens is 228 g/mol. The predicted octanol–water partition coefficient (Wildman–Crippen LogP) is 2.29. The number of hydrogen-bond donors (Lipinski definition) is 0. The highest BCUT2D eigenvalue weighted by atomic mass is 19.2. The van der Waals surface area contributed by atoms with Crippen molar-refractivity contribution in [1.82, 2.24) is 0 Å². The van der Waals surface area contributed by atoms with Crippen molar-refractivity contribution < 1.29 is 18.4 Å². The van der Waals surface area contributed by atoms with Gasteiger partial charge in [-0.25, -0.2) is 8.78 Å². The lowest BCUT2D eigenvalue weighted by Gasteiger charge is -2.15. The van der Waals surface area contributed by atoms with Gasteiger partial charge in [-0.15, -0.1) is 0 Å². The minimum atomic E-state index is -1.11. The van der Waals surface area contributed by atoms with Crippen LogP contribution in [-0.2, 0) is 4.79 Å². The smallest absolute Gasteiger partial charge is 0.299 e. The van der Waals surface area contributed by atoms with Crippen molar-refractivity contribution in [3.05, 3.63) is 29.3 Å². The molecule has 1 amide bonds. The first kappa shape index (κ1) is 11.7. The van der Waals surface area contributed by atoms with Gasteiger partial charge in [0.2, 0.25) is 0 Å². The Bertz CT molecular complexity index is 500. The number of halogens is 2. The number of hydrogen-bond acceptors (Lipinski definition) is 2. The standard InChI is InChI=1S/C12H11F2NO2/c1-2-3-4-15-10-6-9(14)8(13)5-7(10)11(16)12(15)17/h5-6H,2-4H2,1H3. The van der Waals surface area contributed by atoms with E-state index in [2.05, 4.69) is 0 Å². The molecule has 0 spiro atoms. The Hall–Kier alpha value is -1.78. The monoisotopic (exact) mass is 239 g/mol. The quantitative estimate of drug-likeness (QED) is 0.759. The molecule has 3 nitrogen and oxygen atoms in total. The number of anilines is 1. The van der Waals surface area contributed by atoms with Crippen LogP contribution in [-0.4, -0.2) is 18.2 Å². The highest BCUT2D eigenvalue weighted by Gasteiger charge is 2.36. The Morgan fingerprint density at radius 3 is 2.47 bits per heavy atom. The molecule has 2 rings (SSSR count). The SMILES string of the molecule is CCCCN1C(=O)C(=O)c2cc(F)c(F)cc21. The Kier molecular flexibility index (Phi) is 2.92. The number of fused-ring (bicyclic) bond motifs is 1. The minimum absolute atomic E-state index is 0.0509. The Labute approximate surface area is 97.0 Å². The second-order valence-electron chi connectivity index (χ2n) is 3.92. The summed E-state index contributed by atoms with van der Waals surface area (Å²) in [5.41, 5.74) is 0.123. The first-order chi connectivity index (χ1) is 8.06. The molecule has 5 heteroatoms. The molecule has 0 atom stereocenters. The van der Waals surface area contributed by atoms with Gasteiger partial charge in [-0.1, -0.05) is 13.3 Å². The molecule has 1 aliphatic heterocycles. The fraction of sp³-hybridized carbons (Fsp3) is 0.333. The topological polar surface area (TPSA) is 37.4 Å². The van der Waals surface area contributed by atoms with Crippen molar-refractivity contribution in [2.24, 2.45) is 0 Å². The molecule has 1 aromatic rings. The summed E-state index contributed by atoms with van der Waals surface area (Å²) in [7, 11) is 0. The maximum atomic E-state index is 13.1. The number of unbranched alkanes of at least 4 members (excludes halogenated alkanes) is 1. The average Bonchev–Trinajstić information content (AvgIpc) is 2.52. The van der Waals surface area contributed by atoms with Crippen LogP contribution >= 0.6 is 0 Å².